The minimum atomic E-state index is -1.43. The Hall–Kier alpha value is -2.52. The van der Waals surface area contributed by atoms with E-state index >= 15 is 0 Å². The van der Waals surface area contributed by atoms with Crippen molar-refractivity contribution < 1.29 is 23.4 Å². The summed E-state index contributed by atoms with van der Waals surface area (Å²) in [4.78, 5) is 26.0. The van der Waals surface area contributed by atoms with E-state index in [2.05, 4.69) is 5.32 Å². The van der Waals surface area contributed by atoms with Crippen LogP contribution in [0.25, 0.3) is 10.9 Å². The Morgan fingerprint density at radius 1 is 1.38 bits per heavy atom. The second-order valence-electron chi connectivity index (χ2n) is 8.19. The molecule has 2 aromatic rings. The Bertz CT molecular complexity index is 1020. The van der Waals surface area contributed by atoms with Crippen LogP contribution in [0.4, 0.5) is 14.5 Å². The van der Waals surface area contributed by atoms with Gasteiger partial charge in [-0.1, -0.05) is 0 Å². The first-order valence-electron chi connectivity index (χ1n) is 9.51. The SMILES string of the molecule is CC(C)(CF)n1cc(C(=O)O)c(=O)c2cc(F)c(N3C[C@@H]4OCCN[C@@H]4C3)cc21. The third kappa shape index (κ3) is 3.28. The highest BCUT2D eigenvalue weighted by molar-refractivity contribution is 5.93. The first kappa shape index (κ1) is 19.8. The largest absolute Gasteiger partial charge is 0.477 e. The minimum Gasteiger partial charge on any atom is -0.477 e. The van der Waals surface area contributed by atoms with Crippen LogP contribution in [0.1, 0.15) is 24.2 Å². The number of carboxylic acids is 1. The van der Waals surface area contributed by atoms with Crippen LogP contribution < -0.4 is 15.6 Å². The van der Waals surface area contributed by atoms with Gasteiger partial charge in [0.1, 0.15) is 18.1 Å². The molecule has 7 nitrogen and oxygen atoms in total. The van der Waals surface area contributed by atoms with E-state index in [4.69, 9.17) is 4.74 Å². The van der Waals surface area contributed by atoms with Gasteiger partial charge in [-0.25, -0.2) is 13.6 Å². The van der Waals surface area contributed by atoms with Crippen LogP contribution in [0.3, 0.4) is 0 Å². The number of anilines is 1. The topological polar surface area (TPSA) is 83.8 Å². The molecule has 0 radical (unpaired) electrons. The summed E-state index contributed by atoms with van der Waals surface area (Å²) in [6.45, 7) is 4.75. The number of carboxylic acid groups (broad SMARTS) is 1. The van der Waals surface area contributed by atoms with E-state index in [1.807, 2.05) is 4.90 Å². The van der Waals surface area contributed by atoms with Gasteiger partial charge in [-0.15, -0.1) is 0 Å². The number of nitrogens with zero attached hydrogens (tertiary/aromatic N) is 2. The van der Waals surface area contributed by atoms with Crippen LogP contribution in [0.2, 0.25) is 0 Å². The van der Waals surface area contributed by atoms with Gasteiger partial charge in [-0.3, -0.25) is 4.79 Å². The van der Waals surface area contributed by atoms with E-state index in [9.17, 15) is 23.5 Å². The molecular formula is C20H23F2N3O4. The zero-order valence-corrected chi connectivity index (χ0v) is 16.2. The molecule has 3 heterocycles. The molecule has 0 aliphatic carbocycles. The Labute approximate surface area is 165 Å². The molecule has 2 aliphatic rings. The number of morpholine rings is 1. The van der Waals surface area contributed by atoms with E-state index in [1.54, 1.807) is 13.8 Å². The highest BCUT2D eigenvalue weighted by Crippen LogP contribution is 2.31. The summed E-state index contributed by atoms with van der Waals surface area (Å²) < 4.78 is 35.9. The van der Waals surface area contributed by atoms with Crippen LogP contribution in [-0.2, 0) is 10.3 Å². The number of hydrogen-bond donors (Lipinski definition) is 2. The molecule has 9 heteroatoms. The number of aromatic nitrogens is 1. The molecule has 1 aromatic carbocycles. The average Bonchev–Trinajstić information content (AvgIpc) is 3.11. The predicted octanol–water partition coefficient (Wildman–Crippen LogP) is 1.72. The molecule has 2 atom stereocenters. The normalized spacial score (nSPS) is 22.1. The number of nitrogens with one attached hydrogen (secondary N) is 1. The van der Waals surface area contributed by atoms with Crippen LogP contribution in [0.5, 0.6) is 0 Å². The second-order valence-corrected chi connectivity index (χ2v) is 8.19. The molecule has 29 heavy (non-hydrogen) atoms. The monoisotopic (exact) mass is 407 g/mol. The van der Waals surface area contributed by atoms with Crippen molar-refractivity contribution in [1.29, 1.82) is 0 Å². The number of ether oxygens (including phenoxy) is 1. The summed E-state index contributed by atoms with van der Waals surface area (Å²) in [6, 6.07) is 2.64. The van der Waals surface area contributed by atoms with E-state index in [0.717, 1.165) is 18.8 Å². The Balaban J connectivity index is 1.90. The molecule has 2 saturated heterocycles. The molecule has 0 unspecified atom stereocenters. The maximum atomic E-state index is 15.0. The van der Waals surface area contributed by atoms with Crippen LogP contribution in [-0.4, -0.2) is 60.7 Å². The molecule has 0 spiro atoms. The first-order chi connectivity index (χ1) is 13.7. The Kier molecular flexibility index (Phi) is 4.82. The number of hydrogen-bond acceptors (Lipinski definition) is 5. The average molecular weight is 407 g/mol. The van der Waals surface area contributed by atoms with Gasteiger partial charge in [0, 0.05) is 31.2 Å². The molecule has 0 amide bonds. The third-order valence-corrected chi connectivity index (χ3v) is 5.73. The van der Waals surface area contributed by atoms with Crippen molar-refractivity contribution in [1.82, 2.24) is 9.88 Å². The van der Waals surface area contributed by atoms with Crippen LogP contribution in [0.15, 0.2) is 23.1 Å². The summed E-state index contributed by atoms with van der Waals surface area (Å²) in [5, 5.41) is 12.6. The van der Waals surface area contributed by atoms with Crippen molar-refractivity contribution in [3.05, 3.63) is 39.9 Å². The third-order valence-electron chi connectivity index (χ3n) is 5.73. The van der Waals surface area contributed by atoms with Gasteiger partial charge in [-0.05, 0) is 26.0 Å². The number of alkyl halides is 1. The van der Waals surface area contributed by atoms with Gasteiger partial charge >= 0.3 is 5.97 Å². The molecule has 0 saturated carbocycles. The zero-order valence-electron chi connectivity index (χ0n) is 16.2. The number of benzene rings is 1. The number of pyridine rings is 1. The van der Waals surface area contributed by atoms with Crippen molar-refractivity contribution in [3.63, 3.8) is 0 Å². The van der Waals surface area contributed by atoms with Crippen LogP contribution >= 0.6 is 0 Å². The van der Waals surface area contributed by atoms with E-state index in [0.29, 0.717) is 25.2 Å². The molecule has 2 N–H and O–H groups in total. The number of aromatic carboxylic acids is 1. The van der Waals surface area contributed by atoms with Crippen LogP contribution in [0, 0.1) is 5.82 Å². The number of fused-ring (bicyclic) bond motifs is 2. The van der Waals surface area contributed by atoms with Gasteiger partial charge in [-0.2, -0.15) is 0 Å². The fourth-order valence-corrected chi connectivity index (χ4v) is 4.08. The summed E-state index contributed by atoms with van der Waals surface area (Å²) in [5.74, 6) is -2.06. The highest BCUT2D eigenvalue weighted by Gasteiger charge is 2.37. The molecular weight excluding hydrogens is 384 g/mol. The lowest BCUT2D eigenvalue weighted by Crippen LogP contribution is -2.47. The summed E-state index contributed by atoms with van der Waals surface area (Å²) >= 11 is 0. The second kappa shape index (κ2) is 7.07. The standard InChI is InChI=1S/C20H23F2N3O4/c1-20(2,10-21)25-7-12(19(27)28)18(26)11-5-13(22)16(6-15(11)25)24-8-14-17(9-24)29-4-3-23-14/h5-7,14,17,23H,3-4,8-10H2,1-2H3,(H,27,28)/t14-,17+/m1/s1. The lowest BCUT2D eigenvalue weighted by atomic mass is 10.0. The summed E-state index contributed by atoms with van der Waals surface area (Å²) in [5.41, 5.74) is -1.85. The maximum absolute atomic E-state index is 15.0. The number of carbonyl (C=O) groups is 1. The highest BCUT2D eigenvalue weighted by atomic mass is 19.1. The quantitative estimate of drug-likeness (QED) is 0.803. The van der Waals surface area contributed by atoms with E-state index < -0.39 is 35.0 Å². The summed E-state index contributed by atoms with van der Waals surface area (Å²) in [7, 11) is 0. The molecule has 0 bridgehead atoms. The van der Waals surface area contributed by atoms with Gasteiger partial charge in [0.05, 0.1) is 35.5 Å². The van der Waals surface area contributed by atoms with E-state index in [1.165, 1.54) is 10.6 Å². The van der Waals surface area contributed by atoms with Crippen molar-refractivity contribution in [2.75, 3.05) is 37.8 Å². The van der Waals surface area contributed by atoms with Gasteiger partial charge in [0.25, 0.3) is 0 Å². The van der Waals surface area contributed by atoms with Crippen molar-refractivity contribution in [2.24, 2.45) is 0 Å². The fraction of sp³-hybridized carbons (Fsp3) is 0.500. The van der Waals surface area contributed by atoms with Gasteiger partial charge in [0.15, 0.2) is 0 Å². The fourth-order valence-electron chi connectivity index (χ4n) is 4.08. The molecule has 1 aromatic heterocycles. The maximum Gasteiger partial charge on any atom is 0.341 e. The molecule has 4 rings (SSSR count). The lowest BCUT2D eigenvalue weighted by Gasteiger charge is -2.28. The van der Waals surface area contributed by atoms with Crippen molar-refractivity contribution in [3.8, 4) is 0 Å². The molecule has 2 aliphatic heterocycles. The zero-order chi connectivity index (χ0) is 20.9. The smallest absolute Gasteiger partial charge is 0.341 e. The molecule has 156 valence electrons. The minimum absolute atomic E-state index is 0.0577. The Morgan fingerprint density at radius 3 is 2.79 bits per heavy atom. The van der Waals surface area contributed by atoms with Crippen molar-refractivity contribution >= 4 is 22.6 Å². The lowest BCUT2D eigenvalue weighted by molar-refractivity contribution is 0.0212. The summed E-state index contributed by atoms with van der Waals surface area (Å²) in [6.07, 6.45) is 1.08. The van der Waals surface area contributed by atoms with Gasteiger partial charge < -0.3 is 24.6 Å². The van der Waals surface area contributed by atoms with E-state index in [-0.39, 0.29) is 23.2 Å². The molecule has 2 fully saturated rings. The number of rotatable bonds is 4. The van der Waals surface area contributed by atoms with Crippen molar-refractivity contribution in [2.45, 2.75) is 31.5 Å². The Morgan fingerprint density at radius 2 is 2.14 bits per heavy atom. The first-order valence-corrected chi connectivity index (χ1v) is 9.51. The number of halogens is 2. The van der Waals surface area contributed by atoms with Gasteiger partial charge in [0.2, 0.25) is 5.43 Å². The predicted molar refractivity (Wildman–Crippen MR) is 104 cm³/mol.